The zero-order valence-corrected chi connectivity index (χ0v) is 13.7. The van der Waals surface area contributed by atoms with Crippen LogP contribution in [0, 0.1) is 11.3 Å². The van der Waals surface area contributed by atoms with Gasteiger partial charge in [0.15, 0.2) is 13.5 Å². The first-order chi connectivity index (χ1) is 8.02. The van der Waals surface area contributed by atoms with Crippen LogP contribution in [0.3, 0.4) is 0 Å². The average Bonchev–Trinajstić information content (AvgIpc) is 2.88. The van der Waals surface area contributed by atoms with Gasteiger partial charge < -0.3 is 5.73 Å². The molecule has 0 amide bonds. The molecule has 0 radical (unpaired) electrons. The molecule has 0 aliphatic heterocycles. The predicted molar refractivity (Wildman–Crippen MR) is 80.2 cm³/mol. The largest absolute Gasteiger partial charge is 0.388 e. The Labute approximate surface area is 128 Å². The normalized spacial score (nSPS) is 9.00. The molecule has 0 saturated carbocycles. The van der Waals surface area contributed by atoms with Crippen molar-refractivity contribution in [3.63, 3.8) is 0 Å². The van der Waals surface area contributed by atoms with Crippen molar-refractivity contribution in [3.05, 3.63) is 30.0 Å². The molecule has 17 heavy (non-hydrogen) atoms. The molecule has 2 aromatic heterocycles. The van der Waals surface area contributed by atoms with Gasteiger partial charge in [-0.15, -0.1) is 22.7 Å². The lowest BCUT2D eigenvalue weighted by molar-refractivity contribution is 1.31. The van der Waals surface area contributed by atoms with Crippen LogP contribution < -0.4 is 5.73 Å². The molecule has 2 heterocycles. The Morgan fingerprint density at radius 1 is 1.29 bits per heavy atom. The highest BCUT2D eigenvalue weighted by atomic mass is 79.9. The van der Waals surface area contributed by atoms with Gasteiger partial charge >= 0.3 is 0 Å². The number of halogens is 2. The molecule has 2 aromatic rings. The average molecular weight is 412 g/mol. The molecule has 88 valence electrons. The summed E-state index contributed by atoms with van der Waals surface area (Å²) in [6, 6.07) is 1.92. The van der Waals surface area contributed by atoms with Gasteiger partial charge in [-0.2, -0.15) is 5.26 Å². The maximum absolute atomic E-state index is 8.22. The molecular weight excluding hydrogens is 408 g/mol. The summed E-state index contributed by atoms with van der Waals surface area (Å²) >= 11 is 13.9. The first-order valence-electron chi connectivity index (χ1n) is 3.95. The van der Waals surface area contributed by atoms with Gasteiger partial charge in [0.2, 0.25) is 0 Å². The van der Waals surface area contributed by atoms with Gasteiger partial charge in [-0.3, -0.25) is 0 Å². The summed E-state index contributed by atoms with van der Waals surface area (Å²) < 4.78 is 1.57. The smallest absolute Gasteiger partial charge is 0.160 e. The second kappa shape index (κ2) is 7.13. The molecule has 0 saturated heterocycles. The SMILES string of the molecule is N#Cc1csc(Br)n1.NC(=S)c1csc(Br)n1. The van der Waals surface area contributed by atoms with Gasteiger partial charge in [0.25, 0.3) is 0 Å². The molecule has 0 aromatic carbocycles. The number of rotatable bonds is 1. The molecule has 2 N–H and O–H groups in total. The number of thiocarbonyl (C=S) groups is 1. The van der Waals surface area contributed by atoms with Crippen LogP contribution in [0.15, 0.2) is 18.6 Å². The lowest BCUT2D eigenvalue weighted by Gasteiger charge is -1.84. The third-order valence-electron chi connectivity index (χ3n) is 1.32. The number of hydrogen-bond acceptors (Lipinski definition) is 6. The van der Waals surface area contributed by atoms with Crippen molar-refractivity contribution in [1.29, 1.82) is 5.26 Å². The lowest BCUT2D eigenvalue weighted by Crippen LogP contribution is -2.09. The fraction of sp³-hybridized carbons (Fsp3) is 0. The Balaban J connectivity index is 0.000000171. The van der Waals surface area contributed by atoms with Crippen molar-refractivity contribution in [2.75, 3.05) is 0 Å². The minimum Gasteiger partial charge on any atom is -0.388 e. The Morgan fingerprint density at radius 3 is 2.12 bits per heavy atom. The molecule has 0 bridgehead atoms. The van der Waals surface area contributed by atoms with Crippen LogP contribution in [0.4, 0.5) is 0 Å². The lowest BCUT2D eigenvalue weighted by atomic mass is 10.5. The van der Waals surface area contributed by atoms with Gasteiger partial charge in [0.05, 0.1) is 0 Å². The van der Waals surface area contributed by atoms with E-state index in [1.54, 1.807) is 5.38 Å². The minimum atomic E-state index is 0.344. The van der Waals surface area contributed by atoms with Crippen LogP contribution in [0.25, 0.3) is 0 Å². The molecule has 0 aliphatic carbocycles. The molecule has 0 spiro atoms. The second-order valence-corrected chi connectivity index (χ2v) is 7.16. The van der Waals surface area contributed by atoms with E-state index >= 15 is 0 Å². The summed E-state index contributed by atoms with van der Waals surface area (Å²) in [5.74, 6) is 0. The van der Waals surface area contributed by atoms with Crippen LogP contribution in [0.5, 0.6) is 0 Å². The monoisotopic (exact) mass is 410 g/mol. The van der Waals surface area contributed by atoms with Gasteiger partial charge in [0.1, 0.15) is 16.8 Å². The second-order valence-electron chi connectivity index (χ2n) is 2.45. The number of nitrogens with two attached hydrogens (primary N) is 1. The van der Waals surface area contributed by atoms with E-state index in [0.717, 1.165) is 7.83 Å². The molecule has 0 aliphatic rings. The molecule has 2 rings (SSSR count). The van der Waals surface area contributed by atoms with E-state index in [1.807, 2.05) is 11.4 Å². The fourth-order valence-electron chi connectivity index (χ4n) is 0.668. The van der Waals surface area contributed by atoms with Crippen LogP contribution in [0.2, 0.25) is 0 Å². The van der Waals surface area contributed by atoms with E-state index in [2.05, 4.69) is 54.0 Å². The topological polar surface area (TPSA) is 75.6 Å². The highest BCUT2D eigenvalue weighted by molar-refractivity contribution is 9.11. The predicted octanol–water partition coefficient (Wildman–Crippen LogP) is 3.32. The summed E-state index contributed by atoms with van der Waals surface area (Å²) in [5.41, 5.74) is 6.44. The molecular formula is C8H4Br2N4S3. The fourth-order valence-corrected chi connectivity index (χ4v) is 2.80. The number of aromatic nitrogens is 2. The van der Waals surface area contributed by atoms with Crippen LogP contribution in [-0.4, -0.2) is 15.0 Å². The zero-order chi connectivity index (χ0) is 12.8. The van der Waals surface area contributed by atoms with Crippen LogP contribution >= 0.6 is 66.8 Å². The van der Waals surface area contributed by atoms with Crippen LogP contribution in [0.1, 0.15) is 11.4 Å². The number of nitriles is 1. The van der Waals surface area contributed by atoms with Gasteiger partial charge in [-0.05, 0) is 31.9 Å². The Hall–Kier alpha value is -0.400. The zero-order valence-electron chi connectivity index (χ0n) is 8.05. The van der Waals surface area contributed by atoms with Crippen molar-refractivity contribution in [3.8, 4) is 6.07 Å². The summed E-state index contributed by atoms with van der Waals surface area (Å²) in [6.45, 7) is 0. The van der Waals surface area contributed by atoms with E-state index in [9.17, 15) is 0 Å². The van der Waals surface area contributed by atoms with Crippen molar-refractivity contribution < 1.29 is 0 Å². The van der Waals surface area contributed by atoms with Crippen molar-refractivity contribution in [1.82, 2.24) is 9.97 Å². The quantitative estimate of drug-likeness (QED) is 0.728. The number of hydrogen-bond donors (Lipinski definition) is 1. The molecule has 0 unspecified atom stereocenters. The maximum atomic E-state index is 8.22. The van der Waals surface area contributed by atoms with Crippen LogP contribution in [-0.2, 0) is 0 Å². The van der Waals surface area contributed by atoms with Crippen molar-refractivity contribution >= 4 is 71.7 Å². The summed E-state index contributed by atoms with van der Waals surface area (Å²) in [5, 5.41) is 11.7. The third kappa shape index (κ3) is 5.18. The first-order valence-corrected chi connectivity index (χ1v) is 7.70. The maximum Gasteiger partial charge on any atom is 0.160 e. The number of nitrogens with zero attached hydrogens (tertiary/aromatic N) is 3. The van der Waals surface area contributed by atoms with Crippen molar-refractivity contribution in [2.45, 2.75) is 0 Å². The first kappa shape index (κ1) is 14.7. The summed E-state index contributed by atoms with van der Waals surface area (Å²) in [7, 11) is 0. The van der Waals surface area contributed by atoms with Gasteiger partial charge in [-0.25, -0.2) is 9.97 Å². The van der Waals surface area contributed by atoms with E-state index in [0.29, 0.717) is 16.4 Å². The molecule has 4 nitrogen and oxygen atoms in total. The van der Waals surface area contributed by atoms with E-state index in [1.165, 1.54) is 22.7 Å². The molecule has 9 heteroatoms. The summed E-state index contributed by atoms with van der Waals surface area (Å²) in [6.07, 6.45) is 0. The standard InChI is InChI=1S/C4H3BrN2S2.C4HBrN2S/c5-4-7-2(1-9-4)3(6)8;5-4-7-3(1-6)2-8-4/h1H,(H2,6,8);2H. The van der Waals surface area contributed by atoms with Crippen molar-refractivity contribution in [2.24, 2.45) is 5.73 Å². The van der Waals surface area contributed by atoms with E-state index in [-0.39, 0.29) is 0 Å². The Kier molecular flexibility index (Phi) is 6.15. The molecule has 0 atom stereocenters. The Bertz CT molecular complexity index is 557. The van der Waals surface area contributed by atoms with Gasteiger partial charge in [-0.1, -0.05) is 12.2 Å². The highest BCUT2D eigenvalue weighted by Gasteiger charge is 1.99. The minimum absolute atomic E-state index is 0.344. The number of thiazole rings is 2. The highest BCUT2D eigenvalue weighted by Crippen LogP contribution is 2.15. The summed E-state index contributed by atoms with van der Waals surface area (Å²) in [4.78, 5) is 8.13. The van der Waals surface area contributed by atoms with E-state index < -0.39 is 0 Å². The van der Waals surface area contributed by atoms with Gasteiger partial charge in [0, 0.05) is 10.8 Å². The Morgan fingerprint density at radius 2 is 1.88 bits per heavy atom. The third-order valence-corrected chi connectivity index (χ3v) is 4.26. The van der Waals surface area contributed by atoms with E-state index in [4.69, 9.17) is 11.0 Å². The molecule has 0 fully saturated rings.